The molecule has 2 rings (SSSR count). The SMILES string of the molecule is O=C(NCCc1cccc(F)c1)C1CC=CC1. The van der Waals surface area contributed by atoms with E-state index in [-0.39, 0.29) is 17.6 Å². The molecule has 1 N–H and O–H groups in total. The van der Waals surface area contributed by atoms with Gasteiger partial charge in [-0.1, -0.05) is 24.3 Å². The Labute approximate surface area is 101 Å². The van der Waals surface area contributed by atoms with Crippen molar-refractivity contribution in [2.75, 3.05) is 6.54 Å². The monoisotopic (exact) mass is 233 g/mol. The van der Waals surface area contributed by atoms with Crippen LogP contribution in [0.3, 0.4) is 0 Å². The quantitative estimate of drug-likeness (QED) is 0.795. The highest BCUT2D eigenvalue weighted by Crippen LogP contribution is 2.17. The summed E-state index contributed by atoms with van der Waals surface area (Å²) in [7, 11) is 0. The van der Waals surface area contributed by atoms with E-state index in [9.17, 15) is 9.18 Å². The van der Waals surface area contributed by atoms with Crippen LogP contribution in [-0.2, 0) is 11.2 Å². The molecule has 1 amide bonds. The fraction of sp³-hybridized carbons (Fsp3) is 0.357. The van der Waals surface area contributed by atoms with E-state index >= 15 is 0 Å². The lowest BCUT2D eigenvalue weighted by Crippen LogP contribution is -2.31. The maximum Gasteiger partial charge on any atom is 0.223 e. The zero-order valence-corrected chi connectivity index (χ0v) is 9.66. The Morgan fingerprint density at radius 2 is 2.12 bits per heavy atom. The lowest BCUT2D eigenvalue weighted by molar-refractivity contribution is -0.124. The normalized spacial score (nSPS) is 15.1. The molecule has 17 heavy (non-hydrogen) atoms. The number of nitrogens with one attached hydrogen (secondary N) is 1. The summed E-state index contributed by atoms with van der Waals surface area (Å²) in [5.41, 5.74) is 0.912. The minimum Gasteiger partial charge on any atom is -0.356 e. The van der Waals surface area contributed by atoms with Crippen molar-refractivity contribution in [2.45, 2.75) is 19.3 Å². The number of hydrogen-bond donors (Lipinski definition) is 1. The molecule has 1 aromatic carbocycles. The van der Waals surface area contributed by atoms with E-state index in [1.807, 2.05) is 18.2 Å². The van der Waals surface area contributed by atoms with Crippen LogP contribution in [-0.4, -0.2) is 12.5 Å². The summed E-state index contributed by atoms with van der Waals surface area (Å²) in [6, 6.07) is 6.48. The van der Waals surface area contributed by atoms with Crippen molar-refractivity contribution >= 4 is 5.91 Å². The fourth-order valence-corrected chi connectivity index (χ4v) is 2.00. The number of carbonyl (C=O) groups is 1. The number of benzene rings is 1. The molecule has 0 fully saturated rings. The van der Waals surface area contributed by atoms with Crippen LogP contribution in [0.15, 0.2) is 36.4 Å². The Hall–Kier alpha value is -1.64. The highest BCUT2D eigenvalue weighted by atomic mass is 19.1. The smallest absolute Gasteiger partial charge is 0.223 e. The lowest BCUT2D eigenvalue weighted by atomic mass is 10.1. The van der Waals surface area contributed by atoms with E-state index < -0.39 is 0 Å². The van der Waals surface area contributed by atoms with Gasteiger partial charge < -0.3 is 5.32 Å². The molecular weight excluding hydrogens is 217 g/mol. The Balaban J connectivity index is 1.74. The molecule has 0 aromatic heterocycles. The second-order valence-electron chi connectivity index (χ2n) is 4.31. The van der Waals surface area contributed by atoms with Crippen molar-refractivity contribution in [2.24, 2.45) is 5.92 Å². The second-order valence-corrected chi connectivity index (χ2v) is 4.31. The van der Waals surface area contributed by atoms with Crippen LogP contribution in [0.1, 0.15) is 18.4 Å². The van der Waals surface area contributed by atoms with Crippen molar-refractivity contribution in [1.82, 2.24) is 5.32 Å². The minimum atomic E-state index is -0.228. The van der Waals surface area contributed by atoms with Gasteiger partial charge in [0.15, 0.2) is 0 Å². The van der Waals surface area contributed by atoms with Crippen LogP contribution >= 0.6 is 0 Å². The third kappa shape index (κ3) is 3.41. The van der Waals surface area contributed by atoms with Crippen LogP contribution in [0.2, 0.25) is 0 Å². The molecule has 0 unspecified atom stereocenters. The summed E-state index contributed by atoms with van der Waals surface area (Å²) in [5.74, 6) is -0.0252. The molecule has 1 aliphatic carbocycles. The van der Waals surface area contributed by atoms with Gasteiger partial charge in [-0.05, 0) is 37.0 Å². The first-order valence-electron chi connectivity index (χ1n) is 5.93. The predicted molar refractivity (Wildman–Crippen MR) is 65.0 cm³/mol. The molecule has 0 bridgehead atoms. The molecule has 1 aliphatic rings. The molecule has 90 valence electrons. The molecule has 1 aromatic rings. The van der Waals surface area contributed by atoms with E-state index in [0.29, 0.717) is 13.0 Å². The average molecular weight is 233 g/mol. The minimum absolute atomic E-state index is 0.0995. The molecule has 0 spiro atoms. The van der Waals surface area contributed by atoms with Crippen LogP contribution in [0.4, 0.5) is 4.39 Å². The first-order valence-corrected chi connectivity index (χ1v) is 5.93. The van der Waals surface area contributed by atoms with Gasteiger partial charge in [0.2, 0.25) is 5.91 Å². The summed E-state index contributed by atoms with van der Waals surface area (Å²) in [6.07, 6.45) is 6.43. The third-order valence-electron chi connectivity index (χ3n) is 2.98. The molecular formula is C14H16FNO. The van der Waals surface area contributed by atoms with Gasteiger partial charge in [0.25, 0.3) is 0 Å². The van der Waals surface area contributed by atoms with Crippen molar-refractivity contribution in [3.63, 3.8) is 0 Å². The summed E-state index contributed by atoms with van der Waals surface area (Å²) < 4.78 is 12.9. The fourth-order valence-electron chi connectivity index (χ4n) is 2.00. The predicted octanol–water partition coefficient (Wildman–Crippen LogP) is 2.45. The second kappa shape index (κ2) is 5.62. The standard InChI is InChI=1S/C14H16FNO/c15-13-7-3-4-11(10-13)8-9-16-14(17)12-5-1-2-6-12/h1-4,7,10,12H,5-6,8-9H2,(H,16,17). The molecule has 0 radical (unpaired) electrons. The Kier molecular flexibility index (Phi) is 3.91. The van der Waals surface area contributed by atoms with E-state index in [1.54, 1.807) is 6.07 Å². The highest BCUT2D eigenvalue weighted by molar-refractivity contribution is 5.79. The van der Waals surface area contributed by atoms with Crippen molar-refractivity contribution in [3.05, 3.63) is 47.8 Å². The average Bonchev–Trinajstić information content (AvgIpc) is 2.82. The highest BCUT2D eigenvalue weighted by Gasteiger charge is 2.18. The summed E-state index contributed by atoms with van der Waals surface area (Å²) >= 11 is 0. The van der Waals surface area contributed by atoms with Gasteiger partial charge in [-0.2, -0.15) is 0 Å². The lowest BCUT2D eigenvalue weighted by Gasteiger charge is -2.10. The van der Waals surface area contributed by atoms with Gasteiger partial charge in [-0.15, -0.1) is 0 Å². The van der Waals surface area contributed by atoms with Gasteiger partial charge in [-0.25, -0.2) is 4.39 Å². The summed E-state index contributed by atoms with van der Waals surface area (Å²) in [6.45, 7) is 0.568. The van der Waals surface area contributed by atoms with Crippen LogP contribution in [0.5, 0.6) is 0 Å². The number of amides is 1. The molecule has 0 aliphatic heterocycles. The van der Waals surface area contributed by atoms with Crippen molar-refractivity contribution < 1.29 is 9.18 Å². The Bertz CT molecular complexity index is 420. The Morgan fingerprint density at radius 1 is 1.35 bits per heavy atom. The molecule has 0 saturated heterocycles. The molecule has 0 atom stereocenters. The van der Waals surface area contributed by atoms with Gasteiger partial charge in [-0.3, -0.25) is 4.79 Å². The Morgan fingerprint density at radius 3 is 2.82 bits per heavy atom. The maximum atomic E-state index is 12.9. The van der Waals surface area contributed by atoms with Crippen LogP contribution in [0, 0.1) is 11.7 Å². The third-order valence-corrected chi connectivity index (χ3v) is 2.98. The van der Waals surface area contributed by atoms with E-state index in [2.05, 4.69) is 5.32 Å². The van der Waals surface area contributed by atoms with Crippen LogP contribution < -0.4 is 5.32 Å². The van der Waals surface area contributed by atoms with Gasteiger partial charge in [0.1, 0.15) is 5.82 Å². The van der Waals surface area contributed by atoms with Gasteiger partial charge >= 0.3 is 0 Å². The first kappa shape index (κ1) is 11.8. The van der Waals surface area contributed by atoms with E-state index in [4.69, 9.17) is 0 Å². The molecule has 0 saturated carbocycles. The molecule has 0 heterocycles. The van der Waals surface area contributed by atoms with Gasteiger partial charge in [0.05, 0.1) is 0 Å². The zero-order valence-electron chi connectivity index (χ0n) is 9.66. The van der Waals surface area contributed by atoms with Crippen molar-refractivity contribution in [1.29, 1.82) is 0 Å². The van der Waals surface area contributed by atoms with E-state index in [0.717, 1.165) is 18.4 Å². The first-order chi connectivity index (χ1) is 8.25. The van der Waals surface area contributed by atoms with Crippen molar-refractivity contribution in [3.8, 4) is 0 Å². The largest absolute Gasteiger partial charge is 0.356 e. The maximum absolute atomic E-state index is 12.9. The molecule has 3 heteroatoms. The number of carbonyl (C=O) groups excluding carboxylic acids is 1. The number of hydrogen-bond acceptors (Lipinski definition) is 1. The summed E-state index contributed by atoms with van der Waals surface area (Å²) in [4.78, 5) is 11.7. The van der Waals surface area contributed by atoms with E-state index in [1.165, 1.54) is 12.1 Å². The topological polar surface area (TPSA) is 29.1 Å². The molecule has 2 nitrogen and oxygen atoms in total. The summed E-state index contributed by atoms with van der Waals surface area (Å²) in [5, 5.41) is 2.89. The zero-order chi connectivity index (χ0) is 12.1. The van der Waals surface area contributed by atoms with Gasteiger partial charge in [0, 0.05) is 12.5 Å². The number of rotatable bonds is 4. The van der Waals surface area contributed by atoms with Crippen LogP contribution in [0.25, 0.3) is 0 Å². The number of allylic oxidation sites excluding steroid dienone is 2. The number of halogens is 1.